The quantitative estimate of drug-likeness (QED) is 0.539. The molecule has 31 heavy (non-hydrogen) atoms. The summed E-state index contributed by atoms with van der Waals surface area (Å²) in [6, 6.07) is 18.6. The summed E-state index contributed by atoms with van der Waals surface area (Å²) in [6.45, 7) is 2.58. The molecule has 0 unspecified atom stereocenters. The summed E-state index contributed by atoms with van der Waals surface area (Å²) >= 11 is 0. The number of nitrogens with two attached hydrogens (primary N) is 1. The summed E-state index contributed by atoms with van der Waals surface area (Å²) in [5.41, 5.74) is 10.6. The molecule has 4 aromatic rings. The first kappa shape index (κ1) is 18.8. The lowest BCUT2D eigenvalue weighted by Crippen LogP contribution is -2.11. The van der Waals surface area contributed by atoms with Crippen molar-refractivity contribution in [1.82, 2.24) is 20.0 Å². The summed E-state index contributed by atoms with van der Waals surface area (Å²) in [5, 5.41) is 9.47. The van der Waals surface area contributed by atoms with Crippen molar-refractivity contribution in [2.75, 3.05) is 6.79 Å². The Morgan fingerprint density at radius 1 is 1.00 bits per heavy atom. The topological polar surface area (TPSA) is 105 Å². The Hall–Kier alpha value is -4.20. The Kier molecular flexibility index (Phi) is 4.59. The molecule has 1 aliphatic rings. The van der Waals surface area contributed by atoms with Crippen molar-refractivity contribution in [2.24, 2.45) is 5.73 Å². The van der Waals surface area contributed by atoms with Gasteiger partial charge in [0.2, 0.25) is 12.7 Å². The van der Waals surface area contributed by atoms with Crippen molar-refractivity contribution in [3.63, 3.8) is 0 Å². The van der Waals surface area contributed by atoms with Gasteiger partial charge in [-0.3, -0.25) is 9.78 Å². The molecule has 154 valence electrons. The Morgan fingerprint density at radius 3 is 2.55 bits per heavy atom. The van der Waals surface area contributed by atoms with Crippen molar-refractivity contribution in [3.05, 3.63) is 77.5 Å². The minimum Gasteiger partial charge on any atom is -0.454 e. The standard InChI is InChI=1S/C23H19N5O3/c1-14-3-2-4-18(25-14)22-21(17-9-10-19-20(11-17)31-13-30-19)26-28(27-22)12-15-5-7-16(8-6-15)23(24)29/h2-11H,12-13H2,1H3,(H2,24,29). The van der Waals surface area contributed by atoms with E-state index in [-0.39, 0.29) is 6.79 Å². The van der Waals surface area contributed by atoms with Gasteiger partial charge in [-0.25, -0.2) is 0 Å². The molecule has 1 aliphatic heterocycles. The van der Waals surface area contributed by atoms with Crippen LogP contribution in [0.15, 0.2) is 60.7 Å². The Balaban J connectivity index is 1.56. The summed E-state index contributed by atoms with van der Waals surface area (Å²) in [4.78, 5) is 17.6. The molecule has 8 heteroatoms. The minimum absolute atomic E-state index is 0.207. The normalized spacial score (nSPS) is 12.2. The van der Waals surface area contributed by atoms with Gasteiger partial charge in [-0.15, -0.1) is 0 Å². The Bertz CT molecular complexity index is 1280. The van der Waals surface area contributed by atoms with E-state index in [1.54, 1.807) is 16.9 Å². The number of amides is 1. The second-order valence-corrected chi connectivity index (χ2v) is 7.22. The average Bonchev–Trinajstić information content (AvgIpc) is 3.40. The van der Waals surface area contributed by atoms with Crippen LogP contribution in [0.25, 0.3) is 22.6 Å². The SMILES string of the molecule is Cc1cccc(-c2nn(Cc3ccc(C(N)=O)cc3)nc2-c2ccc3c(c2)OCO3)n1. The number of hydrogen-bond donors (Lipinski definition) is 1. The highest BCUT2D eigenvalue weighted by molar-refractivity contribution is 5.92. The molecule has 5 rings (SSSR count). The molecule has 0 radical (unpaired) electrons. The van der Waals surface area contributed by atoms with E-state index >= 15 is 0 Å². The van der Waals surface area contributed by atoms with E-state index in [1.165, 1.54) is 0 Å². The lowest BCUT2D eigenvalue weighted by molar-refractivity contribution is 0.1000. The fourth-order valence-corrected chi connectivity index (χ4v) is 3.44. The lowest BCUT2D eigenvalue weighted by Gasteiger charge is -2.03. The molecule has 0 bridgehead atoms. The van der Waals surface area contributed by atoms with Crippen LogP contribution >= 0.6 is 0 Å². The van der Waals surface area contributed by atoms with Crippen molar-refractivity contribution in [3.8, 4) is 34.1 Å². The summed E-state index contributed by atoms with van der Waals surface area (Å²) in [5.74, 6) is 0.930. The number of ether oxygens (including phenoxy) is 2. The first-order valence-electron chi connectivity index (χ1n) is 9.75. The highest BCUT2D eigenvalue weighted by Crippen LogP contribution is 2.37. The number of benzene rings is 2. The number of aromatic nitrogens is 4. The van der Waals surface area contributed by atoms with Gasteiger partial charge in [0.15, 0.2) is 11.5 Å². The second kappa shape index (κ2) is 7.56. The number of nitrogens with zero attached hydrogens (tertiary/aromatic N) is 4. The Labute approximate surface area is 178 Å². The van der Waals surface area contributed by atoms with Crippen LogP contribution in [0.1, 0.15) is 21.6 Å². The van der Waals surface area contributed by atoms with Crippen LogP contribution in [0.5, 0.6) is 11.5 Å². The number of carbonyl (C=O) groups excluding carboxylic acids is 1. The lowest BCUT2D eigenvalue weighted by atomic mass is 10.1. The van der Waals surface area contributed by atoms with Gasteiger partial charge in [-0.05, 0) is 55.0 Å². The van der Waals surface area contributed by atoms with Crippen molar-refractivity contribution >= 4 is 5.91 Å². The van der Waals surface area contributed by atoms with E-state index in [0.717, 1.165) is 22.5 Å². The van der Waals surface area contributed by atoms with Gasteiger partial charge < -0.3 is 15.2 Å². The van der Waals surface area contributed by atoms with Crippen LogP contribution in [0.3, 0.4) is 0 Å². The molecule has 8 nitrogen and oxygen atoms in total. The van der Waals surface area contributed by atoms with Crippen molar-refractivity contribution in [1.29, 1.82) is 0 Å². The third-order valence-corrected chi connectivity index (χ3v) is 4.99. The molecule has 3 heterocycles. The number of hydrogen-bond acceptors (Lipinski definition) is 6. The molecular weight excluding hydrogens is 394 g/mol. The molecule has 0 atom stereocenters. The zero-order chi connectivity index (χ0) is 21.4. The third-order valence-electron chi connectivity index (χ3n) is 4.99. The van der Waals surface area contributed by atoms with E-state index in [1.807, 2.05) is 55.5 Å². The predicted molar refractivity (Wildman–Crippen MR) is 114 cm³/mol. The summed E-state index contributed by atoms with van der Waals surface area (Å²) in [6.07, 6.45) is 0. The number of carbonyl (C=O) groups is 1. The molecule has 0 saturated carbocycles. The largest absolute Gasteiger partial charge is 0.454 e. The van der Waals surface area contributed by atoms with Gasteiger partial charge in [0.05, 0.1) is 12.2 Å². The number of aryl methyl sites for hydroxylation is 1. The van der Waals surface area contributed by atoms with Crippen LogP contribution in [0.2, 0.25) is 0 Å². The first-order chi connectivity index (χ1) is 15.1. The molecule has 0 aliphatic carbocycles. The van der Waals surface area contributed by atoms with E-state index in [4.69, 9.17) is 25.4 Å². The van der Waals surface area contributed by atoms with Crippen LogP contribution in [-0.2, 0) is 6.54 Å². The van der Waals surface area contributed by atoms with Crippen LogP contribution in [0.4, 0.5) is 0 Å². The molecule has 1 amide bonds. The molecule has 2 aromatic carbocycles. The zero-order valence-corrected chi connectivity index (χ0v) is 16.8. The van der Waals surface area contributed by atoms with Crippen LogP contribution in [-0.4, -0.2) is 32.7 Å². The highest BCUT2D eigenvalue weighted by atomic mass is 16.7. The maximum Gasteiger partial charge on any atom is 0.248 e. The van der Waals surface area contributed by atoms with E-state index in [9.17, 15) is 4.79 Å². The number of fused-ring (bicyclic) bond motifs is 1. The molecule has 0 spiro atoms. The maximum absolute atomic E-state index is 11.3. The second-order valence-electron chi connectivity index (χ2n) is 7.22. The number of primary amides is 1. The fraction of sp³-hybridized carbons (Fsp3) is 0.130. The summed E-state index contributed by atoms with van der Waals surface area (Å²) in [7, 11) is 0. The van der Waals surface area contributed by atoms with E-state index in [0.29, 0.717) is 35.0 Å². The van der Waals surface area contributed by atoms with E-state index in [2.05, 4.69) is 4.98 Å². The number of pyridine rings is 1. The maximum atomic E-state index is 11.3. The minimum atomic E-state index is -0.457. The van der Waals surface area contributed by atoms with Gasteiger partial charge in [0.1, 0.15) is 11.4 Å². The van der Waals surface area contributed by atoms with Crippen molar-refractivity contribution < 1.29 is 14.3 Å². The van der Waals surface area contributed by atoms with Crippen LogP contribution in [0, 0.1) is 6.92 Å². The van der Waals surface area contributed by atoms with Gasteiger partial charge in [-0.1, -0.05) is 18.2 Å². The summed E-state index contributed by atoms with van der Waals surface area (Å²) < 4.78 is 10.9. The molecule has 2 N–H and O–H groups in total. The Morgan fingerprint density at radius 2 is 1.77 bits per heavy atom. The molecule has 0 saturated heterocycles. The van der Waals surface area contributed by atoms with Gasteiger partial charge in [0.25, 0.3) is 0 Å². The van der Waals surface area contributed by atoms with Gasteiger partial charge in [-0.2, -0.15) is 15.0 Å². The highest BCUT2D eigenvalue weighted by Gasteiger charge is 2.20. The van der Waals surface area contributed by atoms with Gasteiger partial charge >= 0.3 is 0 Å². The fourth-order valence-electron chi connectivity index (χ4n) is 3.44. The molecular formula is C23H19N5O3. The zero-order valence-electron chi connectivity index (χ0n) is 16.8. The monoisotopic (exact) mass is 413 g/mol. The smallest absolute Gasteiger partial charge is 0.248 e. The van der Waals surface area contributed by atoms with Crippen LogP contribution < -0.4 is 15.2 Å². The van der Waals surface area contributed by atoms with Crippen molar-refractivity contribution in [2.45, 2.75) is 13.5 Å². The third kappa shape index (κ3) is 3.71. The number of rotatable bonds is 5. The average molecular weight is 413 g/mol. The van der Waals surface area contributed by atoms with E-state index < -0.39 is 5.91 Å². The first-order valence-corrected chi connectivity index (χ1v) is 9.75. The molecule has 0 fully saturated rings. The molecule has 2 aromatic heterocycles. The van der Waals surface area contributed by atoms with Gasteiger partial charge in [0, 0.05) is 16.8 Å². The predicted octanol–water partition coefficient (Wildman–Crippen LogP) is 3.19.